The van der Waals surface area contributed by atoms with Gasteiger partial charge in [-0.2, -0.15) is 4.31 Å². The van der Waals surface area contributed by atoms with Crippen molar-refractivity contribution < 1.29 is 8.42 Å². The van der Waals surface area contributed by atoms with Crippen molar-refractivity contribution in [2.24, 2.45) is 0 Å². The molecule has 2 rings (SSSR count). The van der Waals surface area contributed by atoms with Crippen LogP contribution in [-0.2, 0) is 23.0 Å². The lowest BCUT2D eigenvalue weighted by Gasteiger charge is -2.27. The van der Waals surface area contributed by atoms with E-state index in [1.54, 1.807) is 0 Å². The topological polar surface area (TPSA) is 37.4 Å². The third kappa shape index (κ3) is 2.24. The predicted molar refractivity (Wildman–Crippen MR) is 63.3 cm³/mol. The van der Waals surface area contributed by atoms with Crippen molar-refractivity contribution in [1.29, 1.82) is 0 Å². The highest BCUT2D eigenvalue weighted by molar-refractivity contribution is 9.10. The summed E-state index contributed by atoms with van der Waals surface area (Å²) in [5.41, 5.74) is 2.38. The Morgan fingerprint density at radius 3 is 2.60 bits per heavy atom. The Hall–Kier alpha value is -0.390. The van der Waals surface area contributed by atoms with Crippen LogP contribution in [0.2, 0.25) is 0 Å². The zero-order valence-electron chi connectivity index (χ0n) is 8.19. The quantitative estimate of drug-likeness (QED) is 0.778. The number of benzene rings is 1. The van der Waals surface area contributed by atoms with Gasteiger partial charge in [0.2, 0.25) is 10.0 Å². The van der Waals surface area contributed by atoms with Crippen molar-refractivity contribution in [3.63, 3.8) is 0 Å². The molecule has 0 N–H and O–H groups in total. The highest BCUT2D eigenvalue weighted by atomic mass is 79.9. The standard InChI is InChI=1S/C10H12BrNO2S/c11-8-15(13,14)12-6-5-9-3-1-2-4-10(9)7-12/h1-4H,5-8H2. The summed E-state index contributed by atoms with van der Waals surface area (Å²) < 4.78 is 24.8. The van der Waals surface area contributed by atoms with E-state index in [1.165, 1.54) is 9.87 Å². The van der Waals surface area contributed by atoms with Crippen molar-refractivity contribution in [3.8, 4) is 0 Å². The predicted octanol–water partition coefficient (Wildman–Crippen LogP) is 1.73. The van der Waals surface area contributed by atoms with Gasteiger partial charge in [0.05, 0.1) is 0 Å². The molecular weight excluding hydrogens is 278 g/mol. The molecular formula is C10H12BrNO2S. The Morgan fingerprint density at radius 2 is 1.93 bits per heavy atom. The summed E-state index contributed by atoms with van der Waals surface area (Å²) >= 11 is 3.02. The summed E-state index contributed by atoms with van der Waals surface area (Å²) in [4.78, 5) is 0. The van der Waals surface area contributed by atoms with Gasteiger partial charge in [0, 0.05) is 13.1 Å². The fourth-order valence-corrected chi connectivity index (χ4v) is 3.49. The average molecular weight is 290 g/mol. The van der Waals surface area contributed by atoms with Gasteiger partial charge in [0.1, 0.15) is 4.66 Å². The minimum absolute atomic E-state index is 0.00215. The number of sulfonamides is 1. The number of alkyl halides is 1. The molecule has 15 heavy (non-hydrogen) atoms. The van der Waals surface area contributed by atoms with E-state index < -0.39 is 10.0 Å². The highest BCUT2D eigenvalue weighted by Crippen LogP contribution is 2.21. The molecule has 0 bridgehead atoms. The fourth-order valence-electron chi connectivity index (χ4n) is 1.78. The van der Waals surface area contributed by atoms with Crippen LogP contribution in [0.15, 0.2) is 24.3 Å². The molecule has 0 aromatic heterocycles. The first kappa shape index (κ1) is 11.1. The van der Waals surface area contributed by atoms with E-state index in [9.17, 15) is 8.42 Å². The molecule has 0 saturated heterocycles. The molecule has 0 amide bonds. The second kappa shape index (κ2) is 4.23. The van der Waals surface area contributed by atoms with E-state index in [4.69, 9.17) is 0 Å². The molecule has 1 aliphatic heterocycles. The number of fused-ring (bicyclic) bond motifs is 1. The summed E-state index contributed by atoms with van der Waals surface area (Å²) in [5, 5.41) is 0. The fraction of sp³-hybridized carbons (Fsp3) is 0.400. The van der Waals surface area contributed by atoms with Gasteiger partial charge in [-0.25, -0.2) is 8.42 Å². The monoisotopic (exact) mass is 289 g/mol. The van der Waals surface area contributed by atoms with Crippen molar-refractivity contribution in [1.82, 2.24) is 4.31 Å². The van der Waals surface area contributed by atoms with E-state index in [2.05, 4.69) is 22.0 Å². The first-order valence-electron chi connectivity index (χ1n) is 4.74. The van der Waals surface area contributed by atoms with E-state index in [1.807, 2.05) is 18.2 Å². The third-order valence-electron chi connectivity index (χ3n) is 2.63. The largest absolute Gasteiger partial charge is 0.224 e. The average Bonchev–Trinajstić information content (AvgIpc) is 2.28. The molecule has 1 heterocycles. The molecule has 1 aromatic rings. The molecule has 3 nitrogen and oxygen atoms in total. The van der Waals surface area contributed by atoms with Gasteiger partial charge < -0.3 is 0 Å². The Morgan fingerprint density at radius 1 is 1.27 bits per heavy atom. The lowest BCUT2D eigenvalue weighted by molar-refractivity contribution is 0.394. The number of nitrogens with zero attached hydrogens (tertiary/aromatic N) is 1. The summed E-state index contributed by atoms with van der Waals surface area (Å²) in [6.07, 6.45) is 0.808. The van der Waals surface area contributed by atoms with Crippen LogP contribution >= 0.6 is 15.9 Å². The van der Waals surface area contributed by atoms with Crippen molar-refractivity contribution in [3.05, 3.63) is 35.4 Å². The molecule has 82 valence electrons. The summed E-state index contributed by atoms with van der Waals surface area (Å²) in [7, 11) is -3.11. The molecule has 0 atom stereocenters. The lowest BCUT2D eigenvalue weighted by atomic mass is 10.0. The second-order valence-corrected chi connectivity index (χ2v) is 6.85. The van der Waals surface area contributed by atoms with Gasteiger partial charge in [-0.1, -0.05) is 40.2 Å². The summed E-state index contributed by atoms with van der Waals surface area (Å²) in [5.74, 6) is 0. The van der Waals surface area contributed by atoms with E-state index in [-0.39, 0.29) is 4.66 Å². The molecule has 0 unspecified atom stereocenters. The molecule has 0 aliphatic carbocycles. The summed E-state index contributed by atoms with van der Waals surface area (Å²) in [6.45, 7) is 1.09. The van der Waals surface area contributed by atoms with Gasteiger partial charge in [-0.05, 0) is 17.5 Å². The van der Waals surface area contributed by atoms with E-state index in [0.29, 0.717) is 13.1 Å². The molecule has 5 heteroatoms. The number of hydrogen-bond donors (Lipinski definition) is 0. The van der Waals surface area contributed by atoms with Gasteiger partial charge in [0.25, 0.3) is 0 Å². The number of halogens is 1. The van der Waals surface area contributed by atoms with Crippen molar-refractivity contribution in [2.45, 2.75) is 13.0 Å². The lowest BCUT2D eigenvalue weighted by Crippen LogP contribution is -2.36. The Labute approximate surface area is 98.3 Å². The van der Waals surface area contributed by atoms with Crippen LogP contribution in [-0.4, -0.2) is 23.9 Å². The van der Waals surface area contributed by atoms with Gasteiger partial charge in [0.15, 0.2) is 0 Å². The number of hydrogen-bond acceptors (Lipinski definition) is 2. The van der Waals surface area contributed by atoms with Crippen LogP contribution in [0.3, 0.4) is 0 Å². The molecule has 0 spiro atoms. The normalized spacial score (nSPS) is 17.4. The number of rotatable bonds is 2. The van der Waals surface area contributed by atoms with Crippen molar-refractivity contribution >= 4 is 26.0 Å². The van der Waals surface area contributed by atoms with Gasteiger partial charge >= 0.3 is 0 Å². The first-order valence-corrected chi connectivity index (χ1v) is 7.47. The Kier molecular flexibility index (Phi) is 3.13. The maximum absolute atomic E-state index is 11.6. The molecule has 1 aromatic carbocycles. The molecule has 0 saturated carbocycles. The maximum atomic E-state index is 11.6. The zero-order chi connectivity index (χ0) is 10.9. The van der Waals surface area contributed by atoms with Gasteiger partial charge in [-0.15, -0.1) is 0 Å². The molecule has 0 radical (unpaired) electrons. The van der Waals surface area contributed by atoms with Crippen LogP contribution in [0.5, 0.6) is 0 Å². The van der Waals surface area contributed by atoms with Crippen LogP contribution in [0.25, 0.3) is 0 Å². The van der Waals surface area contributed by atoms with E-state index in [0.717, 1.165) is 12.0 Å². The summed E-state index contributed by atoms with van der Waals surface area (Å²) in [6, 6.07) is 8.00. The van der Waals surface area contributed by atoms with E-state index >= 15 is 0 Å². The Bertz CT molecular complexity index is 458. The highest BCUT2D eigenvalue weighted by Gasteiger charge is 2.25. The van der Waals surface area contributed by atoms with Crippen LogP contribution in [0, 0.1) is 0 Å². The Balaban J connectivity index is 2.27. The first-order chi connectivity index (χ1) is 7.13. The SMILES string of the molecule is O=S(=O)(CBr)N1CCc2ccccc2C1. The zero-order valence-corrected chi connectivity index (χ0v) is 10.6. The van der Waals surface area contributed by atoms with Crippen molar-refractivity contribution in [2.75, 3.05) is 11.2 Å². The smallest absolute Gasteiger partial charge is 0.211 e. The minimum Gasteiger partial charge on any atom is -0.211 e. The second-order valence-electron chi connectivity index (χ2n) is 3.57. The van der Waals surface area contributed by atoms with Crippen LogP contribution in [0.4, 0.5) is 0 Å². The molecule has 1 aliphatic rings. The minimum atomic E-state index is -3.11. The van der Waals surface area contributed by atoms with Crippen LogP contribution < -0.4 is 0 Å². The maximum Gasteiger partial charge on any atom is 0.224 e. The van der Waals surface area contributed by atoms with Gasteiger partial charge in [-0.3, -0.25) is 0 Å². The van der Waals surface area contributed by atoms with Crippen LogP contribution in [0.1, 0.15) is 11.1 Å². The molecule has 0 fully saturated rings. The third-order valence-corrected chi connectivity index (χ3v) is 5.74.